The molecule has 0 aromatic heterocycles. The van der Waals surface area contributed by atoms with Gasteiger partial charge in [-0.3, -0.25) is 4.79 Å². The number of anilines is 1. The number of phenols is 1. The Bertz CT molecular complexity index is 647. The van der Waals surface area contributed by atoms with E-state index >= 15 is 0 Å². The summed E-state index contributed by atoms with van der Waals surface area (Å²) < 4.78 is 0.734. The molecule has 0 saturated carbocycles. The molecule has 2 rings (SSSR count). The molecule has 0 spiro atoms. The van der Waals surface area contributed by atoms with Gasteiger partial charge in [-0.1, -0.05) is 23.2 Å². The molecule has 6 heteroatoms. The SMILES string of the molecule is O=C(Nc1ccc(Br)c(Cl)c1)c1cc(Cl)ccc1O. The van der Waals surface area contributed by atoms with E-state index in [-0.39, 0.29) is 11.3 Å². The minimum atomic E-state index is -0.460. The van der Waals surface area contributed by atoms with Crippen LogP contribution in [0.5, 0.6) is 5.75 Å². The van der Waals surface area contributed by atoms with E-state index < -0.39 is 5.91 Å². The van der Waals surface area contributed by atoms with E-state index in [1.54, 1.807) is 18.2 Å². The summed E-state index contributed by atoms with van der Waals surface area (Å²) in [5, 5.41) is 13.1. The second kappa shape index (κ2) is 5.82. The van der Waals surface area contributed by atoms with Crippen molar-refractivity contribution in [2.24, 2.45) is 0 Å². The number of halogens is 3. The summed E-state index contributed by atoms with van der Waals surface area (Å²) in [6, 6.07) is 9.28. The van der Waals surface area contributed by atoms with Gasteiger partial charge in [-0.2, -0.15) is 0 Å². The van der Waals surface area contributed by atoms with Crippen molar-refractivity contribution >= 4 is 50.7 Å². The van der Waals surface area contributed by atoms with Gasteiger partial charge in [0, 0.05) is 15.2 Å². The second-order valence-corrected chi connectivity index (χ2v) is 5.44. The van der Waals surface area contributed by atoms with Crippen LogP contribution in [0.3, 0.4) is 0 Å². The van der Waals surface area contributed by atoms with Crippen LogP contribution in [0.4, 0.5) is 5.69 Å². The molecule has 0 bridgehead atoms. The van der Waals surface area contributed by atoms with Crippen LogP contribution < -0.4 is 5.32 Å². The molecule has 1 amide bonds. The van der Waals surface area contributed by atoms with Crippen LogP contribution in [0.25, 0.3) is 0 Å². The van der Waals surface area contributed by atoms with Crippen molar-refractivity contribution in [3.05, 3.63) is 56.5 Å². The van der Waals surface area contributed by atoms with Crippen LogP contribution >= 0.6 is 39.1 Å². The van der Waals surface area contributed by atoms with E-state index in [9.17, 15) is 9.90 Å². The van der Waals surface area contributed by atoms with Crippen molar-refractivity contribution in [3.63, 3.8) is 0 Å². The van der Waals surface area contributed by atoms with Crippen LogP contribution in [0.1, 0.15) is 10.4 Å². The van der Waals surface area contributed by atoms with Crippen LogP contribution in [0.2, 0.25) is 10.0 Å². The van der Waals surface area contributed by atoms with Gasteiger partial charge in [0.1, 0.15) is 5.75 Å². The van der Waals surface area contributed by atoms with Crippen LogP contribution in [0, 0.1) is 0 Å². The van der Waals surface area contributed by atoms with E-state index in [2.05, 4.69) is 21.2 Å². The topological polar surface area (TPSA) is 49.3 Å². The molecule has 3 nitrogen and oxygen atoms in total. The standard InChI is InChI=1S/C13H8BrCl2NO2/c14-10-3-2-8(6-11(10)16)17-13(19)9-5-7(15)1-4-12(9)18/h1-6,18H,(H,17,19). The van der Waals surface area contributed by atoms with E-state index in [1.807, 2.05) is 0 Å². The number of hydrogen-bond donors (Lipinski definition) is 2. The van der Waals surface area contributed by atoms with Gasteiger partial charge in [0.05, 0.1) is 10.6 Å². The Morgan fingerprint density at radius 1 is 1.16 bits per heavy atom. The first-order chi connectivity index (χ1) is 8.97. The van der Waals surface area contributed by atoms with Crippen molar-refractivity contribution in [2.45, 2.75) is 0 Å². The monoisotopic (exact) mass is 359 g/mol. The Balaban J connectivity index is 2.25. The highest BCUT2D eigenvalue weighted by Gasteiger charge is 2.12. The maximum atomic E-state index is 12.0. The molecule has 0 aliphatic rings. The minimum absolute atomic E-state index is 0.103. The molecule has 0 fully saturated rings. The van der Waals surface area contributed by atoms with Gasteiger partial charge < -0.3 is 10.4 Å². The lowest BCUT2D eigenvalue weighted by Gasteiger charge is -2.08. The molecule has 0 aliphatic heterocycles. The molecular weight excluding hydrogens is 353 g/mol. The van der Waals surface area contributed by atoms with Crippen LogP contribution in [0.15, 0.2) is 40.9 Å². The van der Waals surface area contributed by atoms with Crippen molar-refractivity contribution in [3.8, 4) is 5.75 Å². The van der Waals surface area contributed by atoms with Crippen molar-refractivity contribution < 1.29 is 9.90 Å². The first-order valence-electron chi connectivity index (χ1n) is 5.22. The highest BCUT2D eigenvalue weighted by molar-refractivity contribution is 9.10. The summed E-state index contributed by atoms with van der Waals surface area (Å²) in [6.45, 7) is 0. The number of carbonyl (C=O) groups excluding carboxylic acids is 1. The lowest BCUT2D eigenvalue weighted by atomic mass is 10.2. The zero-order chi connectivity index (χ0) is 14.0. The molecule has 19 heavy (non-hydrogen) atoms. The van der Waals surface area contributed by atoms with Crippen LogP contribution in [-0.4, -0.2) is 11.0 Å². The highest BCUT2D eigenvalue weighted by Crippen LogP contribution is 2.27. The zero-order valence-electron chi connectivity index (χ0n) is 9.45. The largest absolute Gasteiger partial charge is 0.507 e. The Kier molecular flexibility index (Phi) is 4.34. The van der Waals surface area contributed by atoms with E-state index in [4.69, 9.17) is 23.2 Å². The van der Waals surface area contributed by atoms with Gasteiger partial charge in [-0.15, -0.1) is 0 Å². The van der Waals surface area contributed by atoms with Gasteiger partial charge >= 0.3 is 0 Å². The average molecular weight is 361 g/mol. The highest BCUT2D eigenvalue weighted by atomic mass is 79.9. The molecule has 0 atom stereocenters. The Morgan fingerprint density at radius 2 is 1.89 bits per heavy atom. The van der Waals surface area contributed by atoms with Gasteiger partial charge in [-0.25, -0.2) is 0 Å². The minimum Gasteiger partial charge on any atom is -0.507 e. The molecule has 2 aromatic carbocycles. The molecular formula is C13H8BrCl2NO2. The van der Waals surface area contributed by atoms with Crippen molar-refractivity contribution in [2.75, 3.05) is 5.32 Å². The lowest BCUT2D eigenvalue weighted by Crippen LogP contribution is -2.12. The fourth-order valence-corrected chi connectivity index (χ4v) is 2.06. The van der Waals surface area contributed by atoms with E-state index in [1.165, 1.54) is 18.2 Å². The van der Waals surface area contributed by atoms with Crippen LogP contribution in [-0.2, 0) is 0 Å². The van der Waals surface area contributed by atoms with Gasteiger partial charge in [0.2, 0.25) is 0 Å². The third-order valence-corrected chi connectivity index (χ3v) is 3.85. The Morgan fingerprint density at radius 3 is 2.58 bits per heavy atom. The number of carbonyl (C=O) groups is 1. The Labute approximate surface area is 128 Å². The maximum Gasteiger partial charge on any atom is 0.259 e. The number of hydrogen-bond acceptors (Lipinski definition) is 2. The predicted octanol–water partition coefficient (Wildman–Crippen LogP) is 4.71. The number of benzene rings is 2. The van der Waals surface area contributed by atoms with Crippen molar-refractivity contribution in [1.82, 2.24) is 0 Å². The third kappa shape index (κ3) is 3.41. The quantitative estimate of drug-likeness (QED) is 0.814. The molecule has 0 heterocycles. The molecule has 0 unspecified atom stereocenters. The molecule has 0 saturated heterocycles. The summed E-state index contributed by atoms with van der Waals surface area (Å²) in [5.74, 6) is -0.594. The summed E-state index contributed by atoms with van der Waals surface area (Å²) in [7, 11) is 0. The molecule has 2 N–H and O–H groups in total. The normalized spacial score (nSPS) is 10.3. The average Bonchev–Trinajstić information content (AvgIpc) is 2.36. The number of aromatic hydroxyl groups is 1. The summed E-state index contributed by atoms with van der Waals surface area (Å²) in [5.41, 5.74) is 0.629. The first-order valence-corrected chi connectivity index (χ1v) is 6.77. The fraction of sp³-hybridized carbons (Fsp3) is 0. The smallest absolute Gasteiger partial charge is 0.259 e. The summed E-state index contributed by atoms with van der Waals surface area (Å²) >= 11 is 15.0. The number of phenolic OH excluding ortho intramolecular Hbond substituents is 1. The molecule has 0 radical (unpaired) electrons. The second-order valence-electron chi connectivity index (χ2n) is 3.74. The maximum absolute atomic E-state index is 12.0. The fourth-order valence-electron chi connectivity index (χ4n) is 1.46. The van der Waals surface area contributed by atoms with Crippen molar-refractivity contribution in [1.29, 1.82) is 0 Å². The number of amides is 1. The summed E-state index contributed by atoms with van der Waals surface area (Å²) in [4.78, 5) is 12.0. The predicted molar refractivity (Wildman–Crippen MR) is 80.2 cm³/mol. The van der Waals surface area contributed by atoms with E-state index in [0.717, 1.165) is 4.47 Å². The Hall–Kier alpha value is -1.23. The molecule has 0 aliphatic carbocycles. The number of nitrogens with one attached hydrogen (secondary N) is 1. The van der Waals surface area contributed by atoms with E-state index in [0.29, 0.717) is 15.7 Å². The third-order valence-electron chi connectivity index (χ3n) is 2.38. The molecule has 98 valence electrons. The van der Waals surface area contributed by atoms with Gasteiger partial charge in [0.25, 0.3) is 5.91 Å². The van der Waals surface area contributed by atoms with Gasteiger partial charge in [0.15, 0.2) is 0 Å². The number of rotatable bonds is 2. The molecule has 2 aromatic rings. The lowest BCUT2D eigenvalue weighted by molar-refractivity contribution is 0.102. The van der Waals surface area contributed by atoms with Gasteiger partial charge in [-0.05, 0) is 52.3 Å². The first kappa shape index (κ1) is 14.2. The summed E-state index contributed by atoms with van der Waals surface area (Å²) in [6.07, 6.45) is 0. The zero-order valence-corrected chi connectivity index (χ0v) is 12.6.